The first-order chi connectivity index (χ1) is 10.9. The third kappa shape index (κ3) is 8.75. The normalized spacial score (nSPS) is 10.5. The van der Waals surface area contributed by atoms with Crippen molar-refractivity contribution in [2.45, 2.75) is 13.2 Å². The third-order valence-corrected chi connectivity index (χ3v) is 2.44. The molecule has 0 unspecified atom stereocenters. The van der Waals surface area contributed by atoms with E-state index in [1.165, 1.54) is 7.11 Å². The van der Waals surface area contributed by atoms with Gasteiger partial charge in [0.15, 0.2) is 5.75 Å². The van der Waals surface area contributed by atoms with E-state index in [2.05, 4.69) is 20.1 Å². The Hall–Kier alpha value is -1.78. The van der Waals surface area contributed by atoms with Gasteiger partial charge in [0.1, 0.15) is 5.75 Å². The van der Waals surface area contributed by atoms with Gasteiger partial charge in [0.25, 0.3) is 0 Å². The van der Waals surface area contributed by atoms with Gasteiger partial charge in [-0.3, -0.25) is 4.79 Å². The Kier molecular flexibility index (Phi) is 10.8. The van der Waals surface area contributed by atoms with Crippen LogP contribution in [0.2, 0.25) is 0 Å². The number of benzene rings is 1. The van der Waals surface area contributed by atoms with E-state index >= 15 is 0 Å². The number of nitrogens with one attached hydrogen (secondary N) is 2. The molecule has 11 heteroatoms. The minimum atomic E-state index is -3.19. The summed E-state index contributed by atoms with van der Waals surface area (Å²) >= 11 is 0. The van der Waals surface area contributed by atoms with Crippen molar-refractivity contribution in [2.75, 3.05) is 32.1 Å². The molecule has 0 aliphatic carbocycles. The molecule has 138 valence electrons. The van der Waals surface area contributed by atoms with Gasteiger partial charge >= 0.3 is 13.2 Å². The Balaban J connectivity index is 0.00000529. The molecule has 2 N–H and O–H groups in total. The molecule has 0 aromatic heterocycles. The van der Waals surface area contributed by atoms with Gasteiger partial charge in [-0.2, -0.15) is 17.6 Å². The fourth-order valence-electron chi connectivity index (χ4n) is 1.55. The van der Waals surface area contributed by atoms with Crippen LogP contribution in [0.25, 0.3) is 0 Å². The number of hydrogen-bond donors (Lipinski definition) is 2. The molecule has 0 atom stereocenters. The fraction of sp³-hybridized carbons (Fsp3) is 0.462. The van der Waals surface area contributed by atoms with Crippen LogP contribution >= 0.6 is 12.4 Å². The lowest BCUT2D eigenvalue weighted by Gasteiger charge is -2.14. The summed E-state index contributed by atoms with van der Waals surface area (Å²) in [6, 6.07) is 3.06. The molecular weight excluding hydrogens is 360 g/mol. The van der Waals surface area contributed by atoms with Crippen molar-refractivity contribution in [3.63, 3.8) is 0 Å². The van der Waals surface area contributed by atoms with Gasteiger partial charge in [-0.1, -0.05) is 0 Å². The standard InChI is InChI=1S/C13H16F4N2O4.ClH/c1-21-5-4-18-7-11(20)19-9-3-2-8(22-12(14)15)6-10(9)23-13(16)17;/h2-3,6,12-13,18H,4-5,7H2,1H3,(H,19,20);1H. The van der Waals surface area contributed by atoms with Crippen LogP contribution in [0.1, 0.15) is 0 Å². The van der Waals surface area contributed by atoms with Gasteiger partial charge in [-0.05, 0) is 12.1 Å². The van der Waals surface area contributed by atoms with E-state index < -0.39 is 24.9 Å². The highest BCUT2D eigenvalue weighted by Crippen LogP contribution is 2.31. The van der Waals surface area contributed by atoms with E-state index in [-0.39, 0.29) is 30.4 Å². The van der Waals surface area contributed by atoms with Crippen LogP contribution in [0.5, 0.6) is 11.5 Å². The molecule has 0 aliphatic rings. The number of carbonyl (C=O) groups is 1. The number of ether oxygens (including phenoxy) is 3. The average Bonchev–Trinajstić information content (AvgIpc) is 2.45. The quantitative estimate of drug-likeness (QED) is 0.485. The summed E-state index contributed by atoms with van der Waals surface area (Å²) in [6.07, 6.45) is 0. The predicted octanol–water partition coefficient (Wildman–Crippen LogP) is 2.49. The monoisotopic (exact) mass is 376 g/mol. The van der Waals surface area contributed by atoms with Crippen LogP contribution in [0, 0.1) is 0 Å². The first kappa shape index (κ1) is 22.2. The van der Waals surface area contributed by atoms with Crippen LogP contribution in [0.4, 0.5) is 23.2 Å². The minimum absolute atomic E-state index is 0. The number of halogens is 5. The zero-order chi connectivity index (χ0) is 17.2. The maximum absolute atomic E-state index is 12.4. The second-order valence-corrected chi connectivity index (χ2v) is 4.13. The lowest BCUT2D eigenvalue weighted by Crippen LogP contribution is -2.30. The highest BCUT2D eigenvalue weighted by molar-refractivity contribution is 5.93. The van der Waals surface area contributed by atoms with Crippen LogP contribution in [0.3, 0.4) is 0 Å². The Labute approximate surface area is 141 Å². The first-order valence-electron chi connectivity index (χ1n) is 6.45. The number of carbonyl (C=O) groups excluding carboxylic acids is 1. The number of methoxy groups -OCH3 is 1. The summed E-state index contributed by atoms with van der Waals surface area (Å²) in [5.74, 6) is -1.38. The highest BCUT2D eigenvalue weighted by atomic mass is 35.5. The average molecular weight is 377 g/mol. The Morgan fingerprint density at radius 3 is 2.42 bits per heavy atom. The molecule has 0 spiro atoms. The second-order valence-electron chi connectivity index (χ2n) is 4.13. The van der Waals surface area contributed by atoms with Crippen molar-refractivity contribution in [2.24, 2.45) is 0 Å². The van der Waals surface area contributed by atoms with Gasteiger partial charge in [-0.15, -0.1) is 12.4 Å². The molecular formula is C13H17ClF4N2O4. The molecule has 0 bridgehead atoms. The smallest absolute Gasteiger partial charge is 0.387 e. The molecule has 6 nitrogen and oxygen atoms in total. The number of rotatable bonds is 10. The zero-order valence-electron chi connectivity index (χ0n) is 12.6. The summed E-state index contributed by atoms with van der Waals surface area (Å²) in [6.45, 7) is -5.57. The van der Waals surface area contributed by atoms with Crippen molar-refractivity contribution < 1.29 is 36.6 Å². The number of hydrogen-bond acceptors (Lipinski definition) is 5. The van der Waals surface area contributed by atoms with Gasteiger partial charge in [0.05, 0.1) is 18.8 Å². The van der Waals surface area contributed by atoms with E-state index in [1.807, 2.05) is 0 Å². The lowest BCUT2D eigenvalue weighted by molar-refractivity contribution is -0.115. The van der Waals surface area contributed by atoms with E-state index in [4.69, 9.17) is 4.74 Å². The Bertz CT molecular complexity index is 509. The minimum Gasteiger partial charge on any atom is -0.435 e. The summed E-state index contributed by atoms with van der Waals surface area (Å²) < 4.78 is 62.1. The molecule has 0 saturated heterocycles. The summed E-state index contributed by atoms with van der Waals surface area (Å²) in [5, 5.41) is 5.08. The van der Waals surface area contributed by atoms with E-state index in [1.54, 1.807) is 0 Å². The Morgan fingerprint density at radius 1 is 1.17 bits per heavy atom. The van der Waals surface area contributed by atoms with Crippen molar-refractivity contribution in [1.82, 2.24) is 5.32 Å². The van der Waals surface area contributed by atoms with Crippen molar-refractivity contribution >= 4 is 24.0 Å². The van der Waals surface area contributed by atoms with E-state index in [9.17, 15) is 22.4 Å². The van der Waals surface area contributed by atoms with Crippen LogP contribution < -0.4 is 20.1 Å². The number of amides is 1. The maximum atomic E-state index is 12.4. The van der Waals surface area contributed by atoms with Gasteiger partial charge in [0.2, 0.25) is 5.91 Å². The van der Waals surface area contributed by atoms with Crippen LogP contribution in [0.15, 0.2) is 18.2 Å². The predicted molar refractivity (Wildman–Crippen MR) is 80.3 cm³/mol. The van der Waals surface area contributed by atoms with Gasteiger partial charge < -0.3 is 24.8 Å². The first-order valence-corrected chi connectivity index (χ1v) is 6.45. The second kappa shape index (κ2) is 11.7. The number of alkyl halides is 4. The van der Waals surface area contributed by atoms with Crippen LogP contribution in [-0.4, -0.2) is 45.9 Å². The van der Waals surface area contributed by atoms with Crippen molar-refractivity contribution in [3.8, 4) is 11.5 Å². The molecule has 1 aromatic carbocycles. The summed E-state index contributed by atoms with van der Waals surface area (Å²) in [7, 11) is 1.50. The van der Waals surface area contributed by atoms with Gasteiger partial charge in [-0.25, -0.2) is 0 Å². The summed E-state index contributed by atoms with van der Waals surface area (Å²) in [4.78, 5) is 11.7. The molecule has 0 saturated carbocycles. The molecule has 0 radical (unpaired) electrons. The fourth-order valence-corrected chi connectivity index (χ4v) is 1.55. The molecule has 1 amide bonds. The molecule has 0 heterocycles. The van der Waals surface area contributed by atoms with Gasteiger partial charge in [0, 0.05) is 19.7 Å². The topological polar surface area (TPSA) is 68.8 Å². The van der Waals surface area contributed by atoms with E-state index in [0.717, 1.165) is 18.2 Å². The van der Waals surface area contributed by atoms with Crippen molar-refractivity contribution in [3.05, 3.63) is 18.2 Å². The SMILES string of the molecule is COCCNCC(=O)Nc1ccc(OC(F)F)cc1OC(F)F.Cl. The molecule has 24 heavy (non-hydrogen) atoms. The van der Waals surface area contributed by atoms with E-state index in [0.29, 0.717) is 13.2 Å². The third-order valence-electron chi connectivity index (χ3n) is 2.44. The largest absolute Gasteiger partial charge is 0.435 e. The number of anilines is 1. The zero-order valence-corrected chi connectivity index (χ0v) is 13.4. The molecule has 1 aromatic rings. The maximum Gasteiger partial charge on any atom is 0.387 e. The van der Waals surface area contributed by atoms with Crippen LogP contribution in [-0.2, 0) is 9.53 Å². The molecule has 0 aliphatic heterocycles. The summed E-state index contributed by atoms with van der Waals surface area (Å²) in [5.41, 5.74) is -0.0922. The molecule has 1 rings (SSSR count). The lowest BCUT2D eigenvalue weighted by atomic mass is 10.2. The molecule has 0 fully saturated rings. The Morgan fingerprint density at radius 2 is 1.83 bits per heavy atom. The van der Waals surface area contributed by atoms with Crippen molar-refractivity contribution in [1.29, 1.82) is 0 Å². The highest BCUT2D eigenvalue weighted by Gasteiger charge is 2.15.